The van der Waals surface area contributed by atoms with Gasteiger partial charge < -0.3 is 28.0 Å². The van der Waals surface area contributed by atoms with E-state index in [4.69, 9.17) is 40.5 Å². The van der Waals surface area contributed by atoms with Crippen LogP contribution < -0.4 is 51.2 Å². The van der Waals surface area contributed by atoms with Crippen LogP contribution in [0.5, 0.6) is 0 Å². The first-order valence-electron chi connectivity index (χ1n) is 23.8. The predicted molar refractivity (Wildman–Crippen MR) is 307 cm³/mol. The number of piperidine rings is 1. The van der Waals surface area contributed by atoms with Crippen LogP contribution in [0.4, 0.5) is 34.5 Å². The molecule has 1 fully saturated rings. The van der Waals surface area contributed by atoms with Crippen molar-refractivity contribution in [1.82, 2.24) is 49.8 Å². The standard InChI is InChI=1S/C28H32N6.C14H11ClN4.C10H10N2.C4H2Cl2N2.CH4.Na.H/c1-21-17-26(24-9-5-6-10-25(24)32-21)33-28-19-27(30-20-31-28)29-13-16-34-14-11-23(12-15-34)18-22-7-3-2-4-8-22;1-9-6-12(10-4-2-3-5-11(10)18-9)19-14-7-13(15)16-8-17-14;1-7-6-9(11)8-4-2-3-5-10(8)12-7;5-3-1-4(6)8-2-7-3;;;/h2-10,17,19-20,23H,11-16,18H2,1H3,(H2,29,30,31,32,33);2-8H,1H3,(H,16,17,18,19);2-6H,1H3,(H2,11,12);1-2H;1H4;;/q;;;;;+1;-1. The number of benzene rings is 4. The predicted octanol–water partition coefficient (Wildman–Crippen LogP) is 10.8. The van der Waals surface area contributed by atoms with Crippen LogP contribution in [0.1, 0.15) is 44.3 Å². The fourth-order valence-corrected chi connectivity index (χ4v) is 8.88. The van der Waals surface area contributed by atoms with Crippen LogP contribution in [0.15, 0.2) is 159 Å². The number of hydrogen-bond donors (Lipinski definition) is 4. The largest absolute Gasteiger partial charge is 1.00 e. The van der Waals surface area contributed by atoms with Crippen molar-refractivity contribution in [2.75, 3.05) is 47.9 Å². The van der Waals surface area contributed by atoms with Gasteiger partial charge in [0, 0.05) is 70.2 Å². The molecule has 10 aromatic rings. The smallest absolute Gasteiger partial charge is 1.00 e. The fraction of sp³-hybridized carbons (Fsp3) is 0.211. The van der Waals surface area contributed by atoms with Crippen molar-refractivity contribution < 1.29 is 31.0 Å². The summed E-state index contributed by atoms with van der Waals surface area (Å²) >= 11 is 16.7. The Morgan fingerprint density at radius 3 is 1.51 bits per heavy atom. The number of nitrogens with one attached hydrogen (secondary N) is 3. The molecule has 14 nitrogen and oxygen atoms in total. The second-order valence-electron chi connectivity index (χ2n) is 17.4. The molecule has 0 saturated carbocycles. The number of anilines is 6. The van der Waals surface area contributed by atoms with E-state index in [-0.39, 0.29) is 38.4 Å². The second-order valence-corrected chi connectivity index (χ2v) is 18.5. The third-order valence-electron chi connectivity index (χ3n) is 11.8. The maximum Gasteiger partial charge on any atom is 1.00 e. The van der Waals surface area contributed by atoms with Crippen molar-refractivity contribution >= 4 is 102 Å². The first-order valence-corrected chi connectivity index (χ1v) is 25.0. The molecule has 0 unspecified atom stereocenters. The molecule has 1 aliphatic heterocycles. The fourth-order valence-electron chi connectivity index (χ4n) is 8.38. The number of nitrogens with two attached hydrogens (primary N) is 1. The summed E-state index contributed by atoms with van der Waals surface area (Å²) in [6, 6.07) is 45.9. The van der Waals surface area contributed by atoms with Gasteiger partial charge in [0.2, 0.25) is 0 Å². The number of para-hydroxylation sites is 3. The zero-order valence-corrected chi connectivity index (χ0v) is 46.0. The molecule has 0 amide bonds. The molecule has 0 aliphatic carbocycles. The molecule has 0 bridgehead atoms. The number of hydrogen-bond acceptors (Lipinski definition) is 14. The minimum atomic E-state index is 0. The Morgan fingerprint density at radius 1 is 0.533 bits per heavy atom. The number of pyridine rings is 3. The summed E-state index contributed by atoms with van der Waals surface area (Å²) in [5.41, 5.74) is 15.8. The summed E-state index contributed by atoms with van der Waals surface area (Å²) < 4.78 is 0. The topological polar surface area (TPSA) is 181 Å². The van der Waals surface area contributed by atoms with Crippen molar-refractivity contribution in [3.8, 4) is 0 Å². The molecule has 1 aliphatic rings. The number of fused-ring (bicyclic) bond motifs is 3. The SMILES string of the molecule is C.Cc1cc(N)c2ccccc2n1.Cc1cc(Nc2cc(Cl)ncn2)c2ccccc2n1.Cc1cc(Nc2cc(NCCN3CCC(Cc4ccccc4)CC3)ncn2)c2ccccc2n1.Clc1cc(Cl)ncn1.[H-].[Na+]. The van der Waals surface area contributed by atoms with Crippen molar-refractivity contribution in [3.63, 3.8) is 0 Å². The number of rotatable bonds is 10. The maximum absolute atomic E-state index is 5.86. The van der Waals surface area contributed by atoms with Gasteiger partial charge in [-0.1, -0.05) is 127 Å². The average Bonchev–Trinajstić information content (AvgIpc) is 3.38. The molecule has 7 heterocycles. The van der Waals surface area contributed by atoms with Crippen LogP contribution in [0, 0.1) is 26.7 Å². The zero-order valence-electron chi connectivity index (χ0n) is 42.7. The van der Waals surface area contributed by atoms with Crippen LogP contribution in [-0.4, -0.2) is 75.9 Å². The van der Waals surface area contributed by atoms with E-state index in [1.807, 2.05) is 106 Å². The summed E-state index contributed by atoms with van der Waals surface area (Å²) in [5.74, 6) is 3.08. The van der Waals surface area contributed by atoms with Gasteiger partial charge >= 0.3 is 29.6 Å². The van der Waals surface area contributed by atoms with Gasteiger partial charge in [0.15, 0.2) is 0 Å². The van der Waals surface area contributed by atoms with Gasteiger partial charge in [-0.3, -0.25) is 15.0 Å². The molecule has 1 saturated heterocycles. The monoisotopic (exact) mass is 1070 g/mol. The Kier molecular flexibility index (Phi) is 22.2. The zero-order chi connectivity index (χ0) is 50.9. The Labute approximate surface area is 477 Å². The van der Waals surface area contributed by atoms with Gasteiger partial charge in [-0.05, 0) is 101 Å². The number of halogens is 3. The van der Waals surface area contributed by atoms with Crippen LogP contribution in [-0.2, 0) is 6.42 Å². The van der Waals surface area contributed by atoms with Gasteiger partial charge in [0.1, 0.15) is 51.9 Å². The Hall–Kier alpha value is -6.62. The van der Waals surface area contributed by atoms with E-state index in [1.54, 1.807) is 12.4 Å². The first kappa shape index (κ1) is 57.7. The van der Waals surface area contributed by atoms with E-state index in [0.29, 0.717) is 21.3 Å². The third kappa shape index (κ3) is 17.5. The number of aryl methyl sites for hydroxylation is 3. The molecule has 75 heavy (non-hydrogen) atoms. The molecule has 0 atom stereocenters. The van der Waals surface area contributed by atoms with Gasteiger partial charge in [0.25, 0.3) is 0 Å². The van der Waals surface area contributed by atoms with Crippen LogP contribution in [0.2, 0.25) is 15.5 Å². The van der Waals surface area contributed by atoms with E-state index >= 15 is 0 Å². The van der Waals surface area contributed by atoms with E-state index in [1.165, 1.54) is 56.6 Å². The van der Waals surface area contributed by atoms with Gasteiger partial charge in [-0.25, -0.2) is 29.9 Å². The third-order valence-corrected chi connectivity index (χ3v) is 12.4. The summed E-state index contributed by atoms with van der Waals surface area (Å²) in [5, 5.41) is 14.5. The van der Waals surface area contributed by atoms with E-state index in [2.05, 4.69) is 108 Å². The normalized spacial score (nSPS) is 12.1. The van der Waals surface area contributed by atoms with Crippen molar-refractivity contribution in [1.29, 1.82) is 0 Å². The quantitative estimate of drug-likeness (QED) is 0.0750. The van der Waals surface area contributed by atoms with Crippen LogP contribution >= 0.6 is 34.8 Å². The Balaban J connectivity index is 0.000000213. The number of nitrogen functional groups attached to an aromatic ring is 1. The molecule has 380 valence electrons. The molecule has 0 radical (unpaired) electrons. The number of aromatic nitrogens is 9. The number of nitrogens with zero attached hydrogens (tertiary/aromatic N) is 10. The van der Waals surface area contributed by atoms with Crippen LogP contribution in [0.25, 0.3) is 32.7 Å². The van der Waals surface area contributed by atoms with Gasteiger partial charge in [0.05, 0.1) is 27.9 Å². The summed E-state index contributed by atoms with van der Waals surface area (Å²) in [4.78, 5) is 40.1. The molecule has 11 rings (SSSR count). The first-order chi connectivity index (χ1) is 35.5. The van der Waals surface area contributed by atoms with Crippen molar-refractivity contribution in [3.05, 3.63) is 197 Å². The molecule has 6 aromatic heterocycles. The molecular weight excluding hydrogens is 1010 g/mol. The van der Waals surface area contributed by atoms with Crippen molar-refractivity contribution in [2.24, 2.45) is 5.92 Å². The average molecular weight is 1070 g/mol. The molecule has 4 aromatic carbocycles. The minimum absolute atomic E-state index is 0. The second kappa shape index (κ2) is 28.9. The molecule has 0 spiro atoms. The summed E-state index contributed by atoms with van der Waals surface area (Å²) in [6.07, 6.45) is 8.10. The Morgan fingerprint density at radius 2 is 0.973 bits per heavy atom. The van der Waals surface area contributed by atoms with Gasteiger partial charge in [-0.2, -0.15) is 0 Å². The van der Waals surface area contributed by atoms with E-state index in [9.17, 15) is 0 Å². The molecule has 18 heteroatoms. The molecule has 5 N–H and O–H groups in total. The van der Waals surface area contributed by atoms with Crippen LogP contribution in [0.3, 0.4) is 0 Å². The van der Waals surface area contributed by atoms with Gasteiger partial charge in [-0.15, -0.1) is 0 Å². The minimum Gasteiger partial charge on any atom is -1.00 e. The summed E-state index contributed by atoms with van der Waals surface area (Å²) in [7, 11) is 0. The number of likely N-dealkylation sites (tertiary alicyclic amines) is 1. The maximum atomic E-state index is 5.86. The van der Waals surface area contributed by atoms with E-state index < -0.39 is 0 Å². The molecular formula is C57H60Cl3N14Na. The Bertz CT molecular complexity index is 3390. The van der Waals surface area contributed by atoms with Crippen molar-refractivity contribution in [2.45, 2.75) is 47.5 Å². The van der Waals surface area contributed by atoms with E-state index in [0.717, 1.165) is 97.5 Å². The summed E-state index contributed by atoms with van der Waals surface area (Å²) in [6.45, 7) is 10.2.